The predicted octanol–water partition coefficient (Wildman–Crippen LogP) is 3.35. The quantitative estimate of drug-likeness (QED) is 0.691. The van der Waals surface area contributed by atoms with Crippen LogP contribution in [0.4, 0.5) is 0 Å². The Morgan fingerprint density at radius 1 is 1.14 bits per heavy atom. The highest BCUT2D eigenvalue weighted by Gasteiger charge is 2.03. The van der Waals surface area contributed by atoms with Crippen molar-refractivity contribution in [1.82, 2.24) is 9.63 Å². The van der Waals surface area contributed by atoms with Crippen LogP contribution in [-0.4, -0.2) is 27.3 Å². The molecule has 0 aliphatic rings. The molecule has 21 heavy (non-hydrogen) atoms. The summed E-state index contributed by atoms with van der Waals surface area (Å²) in [6.07, 6.45) is 3.63. The third-order valence-electron chi connectivity index (χ3n) is 3.37. The average Bonchev–Trinajstić information content (AvgIpc) is 2.79. The molecular weight excluding hydrogens is 264 g/mol. The van der Waals surface area contributed by atoms with Gasteiger partial charge >= 0.3 is 0 Å². The van der Waals surface area contributed by atoms with Crippen LogP contribution in [0.1, 0.15) is 23.9 Å². The van der Waals surface area contributed by atoms with E-state index in [-0.39, 0.29) is 12.5 Å². The second-order valence-electron chi connectivity index (χ2n) is 5.05. The fourth-order valence-electron chi connectivity index (χ4n) is 2.23. The van der Waals surface area contributed by atoms with E-state index in [1.807, 2.05) is 18.2 Å². The summed E-state index contributed by atoms with van der Waals surface area (Å²) in [7, 11) is 0. The summed E-state index contributed by atoms with van der Waals surface area (Å²) in [5.74, 6) is -0.367. The Balaban J connectivity index is 2.09. The smallest absolute Gasteiger partial charge is 0.243 e. The van der Waals surface area contributed by atoms with E-state index < -0.39 is 0 Å². The molecule has 1 N–H and O–H groups in total. The summed E-state index contributed by atoms with van der Waals surface area (Å²) >= 11 is 0. The number of carbonyl (C=O) groups is 1. The highest BCUT2D eigenvalue weighted by molar-refractivity contribution is 5.72. The Morgan fingerprint density at radius 3 is 2.24 bits per heavy atom. The number of carbonyl (C=O) groups excluding carboxylic acids is 1. The second kappa shape index (κ2) is 6.41. The monoisotopic (exact) mass is 284 g/mol. The van der Waals surface area contributed by atoms with Crippen LogP contribution in [0.5, 0.6) is 0 Å². The zero-order chi connectivity index (χ0) is 15.4. The molecule has 0 radical (unpaired) electrons. The predicted molar refractivity (Wildman–Crippen MR) is 83.5 cm³/mol. The van der Waals surface area contributed by atoms with Crippen LogP contribution >= 0.6 is 0 Å². The van der Waals surface area contributed by atoms with Gasteiger partial charge in [0.15, 0.2) is 0 Å². The summed E-state index contributed by atoms with van der Waals surface area (Å²) < 4.78 is 2.19. The molecule has 0 bridgehead atoms. The Kier molecular flexibility index (Phi) is 4.60. The normalized spacial score (nSPS) is 11.0. The summed E-state index contributed by atoms with van der Waals surface area (Å²) in [6.45, 7) is 5.67. The largest absolute Gasteiger partial charge is 0.319 e. The molecule has 1 heterocycles. The summed E-state index contributed by atoms with van der Waals surface area (Å²) in [5.41, 5.74) is 4.55. The molecule has 4 nitrogen and oxygen atoms in total. The van der Waals surface area contributed by atoms with E-state index in [0.29, 0.717) is 5.06 Å². The molecule has 110 valence electrons. The van der Waals surface area contributed by atoms with Crippen LogP contribution in [0.15, 0.2) is 42.5 Å². The SMILES string of the molecule is CC(=O)N(O)CC=Cc1ccc(-n2c(C)ccc2C)cc1. The van der Waals surface area contributed by atoms with Gasteiger partial charge in [-0.25, -0.2) is 5.06 Å². The van der Waals surface area contributed by atoms with Gasteiger partial charge in [0.05, 0.1) is 6.54 Å². The molecule has 0 aliphatic carbocycles. The molecule has 4 heteroatoms. The van der Waals surface area contributed by atoms with Gasteiger partial charge in [-0.05, 0) is 43.7 Å². The maximum absolute atomic E-state index is 10.9. The molecule has 0 saturated carbocycles. The number of hydrogen-bond acceptors (Lipinski definition) is 2. The van der Waals surface area contributed by atoms with Crippen LogP contribution in [0.2, 0.25) is 0 Å². The fraction of sp³-hybridized carbons (Fsp3) is 0.235. The molecule has 0 fully saturated rings. The highest BCUT2D eigenvalue weighted by Crippen LogP contribution is 2.17. The molecule has 0 saturated heterocycles. The molecule has 2 rings (SSSR count). The third-order valence-corrected chi connectivity index (χ3v) is 3.37. The minimum absolute atomic E-state index is 0.187. The number of benzene rings is 1. The van der Waals surface area contributed by atoms with E-state index in [1.165, 1.54) is 18.3 Å². The molecule has 0 spiro atoms. The van der Waals surface area contributed by atoms with E-state index in [4.69, 9.17) is 0 Å². The van der Waals surface area contributed by atoms with Crippen molar-refractivity contribution in [3.8, 4) is 5.69 Å². The number of nitrogens with zero attached hydrogens (tertiary/aromatic N) is 2. The Labute approximate surface area is 124 Å². The van der Waals surface area contributed by atoms with Gasteiger partial charge in [-0.2, -0.15) is 0 Å². The number of rotatable bonds is 4. The lowest BCUT2D eigenvalue weighted by atomic mass is 10.2. The molecule has 0 unspecified atom stereocenters. The van der Waals surface area contributed by atoms with Crippen molar-refractivity contribution in [2.75, 3.05) is 6.54 Å². The first kappa shape index (κ1) is 15.1. The van der Waals surface area contributed by atoms with Crippen LogP contribution < -0.4 is 0 Å². The first-order valence-corrected chi connectivity index (χ1v) is 6.88. The average molecular weight is 284 g/mol. The first-order valence-electron chi connectivity index (χ1n) is 6.88. The topological polar surface area (TPSA) is 45.5 Å². The van der Waals surface area contributed by atoms with Crippen molar-refractivity contribution in [1.29, 1.82) is 0 Å². The Morgan fingerprint density at radius 2 is 1.71 bits per heavy atom. The lowest BCUT2D eigenvalue weighted by Crippen LogP contribution is -2.24. The van der Waals surface area contributed by atoms with Crippen molar-refractivity contribution >= 4 is 12.0 Å². The van der Waals surface area contributed by atoms with Gasteiger partial charge in [0.25, 0.3) is 0 Å². The molecule has 0 aliphatic heterocycles. The molecule has 0 atom stereocenters. The van der Waals surface area contributed by atoms with Crippen LogP contribution in [0.3, 0.4) is 0 Å². The van der Waals surface area contributed by atoms with E-state index in [2.05, 4.69) is 42.7 Å². The van der Waals surface area contributed by atoms with Crippen molar-refractivity contribution in [3.05, 3.63) is 59.4 Å². The number of amides is 1. The van der Waals surface area contributed by atoms with Crippen molar-refractivity contribution in [2.45, 2.75) is 20.8 Å². The minimum atomic E-state index is -0.367. The maximum atomic E-state index is 10.9. The first-order chi connectivity index (χ1) is 9.99. The number of aryl methyl sites for hydroxylation is 2. The van der Waals surface area contributed by atoms with Gasteiger partial charge in [-0.1, -0.05) is 24.3 Å². The summed E-state index contributed by atoms with van der Waals surface area (Å²) in [6, 6.07) is 12.3. The second-order valence-corrected chi connectivity index (χ2v) is 5.05. The highest BCUT2D eigenvalue weighted by atomic mass is 16.5. The van der Waals surface area contributed by atoms with E-state index in [0.717, 1.165) is 11.3 Å². The van der Waals surface area contributed by atoms with Crippen LogP contribution in [0.25, 0.3) is 11.8 Å². The zero-order valence-corrected chi connectivity index (χ0v) is 12.6. The minimum Gasteiger partial charge on any atom is -0.319 e. The number of aromatic nitrogens is 1. The van der Waals surface area contributed by atoms with Gasteiger partial charge in [0, 0.05) is 24.0 Å². The lowest BCUT2D eigenvalue weighted by molar-refractivity contribution is -0.160. The fourth-order valence-corrected chi connectivity index (χ4v) is 2.23. The summed E-state index contributed by atoms with van der Waals surface area (Å²) in [5, 5.41) is 9.94. The van der Waals surface area contributed by atoms with Gasteiger partial charge in [-0.15, -0.1) is 0 Å². The van der Waals surface area contributed by atoms with Gasteiger partial charge < -0.3 is 4.57 Å². The Bertz CT molecular complexity index is 634. The third kappa shape index (κ3) is 3.61. The zero-order valence-electron chi connectivity index (χ0n) is 12.6. The van der Waals surface area contributed by atoms with Crippen LogP contribution in [-0.2, 0) is 4.79 Å². The molecular formula is C17H20N2O2. The van der Waals surface area contributed by atoms with Crippen molar-refractivity contribution in [3.63, 3.8) is 0 Å². The van der Waals surface area contributed by atoms with Crippen LogP contribution in [0, 0.1) is 13.8 Å². The molecule has 1 amide bonds. The van der Waals surface area contributed by atoms with E-state index >= 15 is 0 Å². The Hall–Kier alpha value is -2.33. The van der Waals surface area contributed by atoms with E-state index in [1.54, 1.807) is 6.08 Å². The van der Waals surface area contributed by atoms with Gasteiger partial charge in [0.1, 0.15) is 0 Å². The van der Waals surface area contributed by atoms with Crippen molar-refractivity contribution < 1.29 is 10.0 Å². The summed E-state index contributed by atoms with van der Waals surface area (Å²) in [4.78, 5) is 10.9. The van der Waals surface area contributed by atoms with Gasteiger partial charge in [0.2, 0.25) is 5.91 Å². The molecule has 1 aromatic carbocycles. The van der Waals surface area contributed by atoms with Gasteiger partial charge in [-0.3, -0.25) is 10.0 Å². The molecule has 1 aromatic heterocycles. The molecule has 2 aromatic rings. The lowest BCUT2D eigenvalue weighted by Gasteiger charge is -2.10. The van der Waals surface area contributed by atoms with E-state index in [9.17, 15) is 10.0 Å². The maximum Gasteiger partial charge on any atom is 0.243 e. The standard InChI is InChI=1S/C17H20N2O2/c1-13-6-7-14(2)19(13)17-10-8-16(9-11-17)5-4-12-18(21)15(3)20/h4-11,21H,12H2,1-3H3. The number of hydrogen-bond donors (Lipinski definition) is 1. The number of hydroxylamine groups is 2. The van der Waals surface area contributed by atoms with Crippen molar-refractivity contribution in [2.24, 2.45) is 0 Å².